The molecule has 1 aromatic heterocycles. The Morgan fingerprint density at radius 2 is 2.04 bits per heavy atom. The van der Waals surface area contributed by atoms with Crippen molar-refractivity contribution in [3.05, 3.63) is 51.6 Å². The second-order valence-electron chi connectivity index (χ2n) is 5.71. The molecule has 1 fully saturated rings. The average Bonchev–Trinajstić information content (AvgIpc) is 3.25. The van der Waals surface area contributed by atoms with E-state index >= 15 is 0 Å². The summed E-state index contributed by atoms with van der Waals surface area (Å²) in [5.41, 5.74) is 0.844. The van der Waals surface area contributed by atoms with Crippen LogP contribution in [0.1, 0.15) is 16.1 Å². The number of imide groups is 1. The Hall–Kier alpha value is -2.55. The van der Waals surface area contributed by atoms with Crippen molar-refractivity contribution in [3.8, 4) is 11.3 Å². The van der Waals surface area contributed by atoms with E-state index in [0.29, 0.717) is 17.1 Å². The predicted octanol–water partition coefficient (Wildman–Crippen LogP) is 4.07. The number of carbonyl (C=O) groups excluding carboxylic acids is 3. The quantitative estimate of drug-likeness (QED) is 0.513. The highest BCUT2D eigenvalue weighted by atomic mass is 35.5. The molecule has 0 atom stereocenters. The fraction of sp³-hybridized carbons (Fsp3) is 0.211. The van der Waals surface area contributed by atoms with Gasteiger partial charge in [0.1, 0.15) is 11.5 Å². The van der Waals surface area contributed by atoms with Crippen LogP contribution in [0.15, 0.2) is 39.7 Å². The number of nitrogens with zero attached hydrogens (tertiary/aromatic N) is 1. The third-order valence-electron chi connectivity index (χ3n) is 3.95. The molecule has 0 aliphatic carbocycles. The number of rotatable bonds is 6. The lowest BCUT2D eigenvalue weighted by atomic mass is 10.1. The van der Waals surface area contributed by atoms with Gasteiger partial charge in [-0.3, -0.25) is 14.5 Å². The van der Waals surface area contributed by atoms with Gasteiger partial charge in [0.15, 0.2) is 0 Å². The molecule has 2 aromatic rings. The summed E-state index contributed by atoms with van der Waals surface area (Å²) in [7, 11) is 2.78. The Bertz CT molecular complexity index is 967. The first-order valence-corrected chi connectivity index (χ1v) is 9.36. The van der Waals surface area contributed by atoms with Crippen LogP contribution in [-0.4, -0.2) is 49.4 Å². The Labute approximate surface area is 170 Å². The molecule has 1 aromatic carbocycles. The molecular weight excluding hydrogens is 406 g/mol. The molecule has 0 bridgehead atoms. The summed E-state index contributed by atoms with van der Waals surface area (Å²) >= 11 is 6.88. The van der Waals surface area contributed by atoms with Crippen molar-refractivity contribution in [1.82, 2.24) is 4.90 Å². The molecule has 1 saturated heterocycles. The fourth-order valence-corrected chi connectivity index (χ4v) is 3.57. The first-order chi connectivity index (χ1) is 13.4. The largest absolute Gasteiger partial charge is 0.465 e. The van der Waals surface area contributed by atoms with E-state index in [-0.39, 0.29) is 39.8 Å². The van der Waals surface area contributed by atoms with E-state index in [1.165, 1.54) is 20.3 Å². The third-order valence-corrected chi connectivity index (χ3v) is 5.19. The minimum atomic E-state index is -0.552. The molecule has 0 spiro atoms. The van der Waals surface area contributed by atoms with Crippen LogP contribution in [0.25, 0.3) is 17.4 Å². The Morgan fingerprint density at radius 3 is 2.75 bits per heavy atom. The summed E-state index contributed by atoms with van der Waals surface area (Å²) in [4.78, 5) is 37.5. The van der Waals surface area contributed by atoms with Gasteiger partial charge < -0.3 is 13.9 Å². The molecule has 9 heteroatoms. The van der Waals surface area contributed by atoms with Gasteiger partial charge in [-0.2, -0.15) is 0 Å². The van der Waals surface area contributed by atoms with Crippen LogP contribution in [0.3, 0.4) is 0 Å². The topological polar surface area (TPSA) is 86.1 Å². The zero-order chi connectivity index (χ0) is 20.3. The molecule has 0 N–H and O–H groups in total. The number of thioether (sulfide) groups is 1. The van der Waals surface area contributed by atoms with E-state index in [1.807, 2.05) is 0 Å². The molecule has 0 unspecified atom stereocenters. The maximum atomic E-state index is 12.3. The minimum Gasteiger partial charge on any atom is -0.465 e. The number of esters is 1. The SMILES string of the molecule is COCCN1C(=O)S/C(=C/c2ccc(-c3ccc(Cl)c(C(=O)OC)c3)o2)C1=O. The van der Waals surface area contributed by atoms with Gasteiger partial charge >= 0.3 is 5.97 Å². The van der Waals surface area contributed by atoms with E-state index in [4.69, 9.17) is 25.5 Å². The zero-order valence-electron chi connectivity index (χ0n) is 15.1. The molecule has 1 aliphatic rings. The molecular formula is C19H16ClNO6S. The van der Waals surface area contributed by atoms with Crippen molar-refractivity contribution >= 4 is 46.6 Å². The van der Waals surface area contributed by atoms with Crippen LogP contribution in [-0.2, 0) is 14.3 Å². The minimum absolute atomic E-state index is 0.197. The maximum absolute atomic E-state index is 12.3. The van der Waals surface area contributed by atoms with Gasteiger partial charge in [-0.25, -0.2) is 4.79 Å². The number of hydrogen-bond donors (Lipinski definition) is 0. The number of furan rings is 1. The van der Waals surface area contributed by atoms with Crippen molar-refractivity contribution in [2.24, 2.45) is 0 Å². The van der Waals surface area contributed by atoms with E-state index in [9.17, 15) is 14.4 Å². The summed E-state index contributed by atoms with van der Waals surface area (Å²) in [5.74, 6) is -0.0543. The van der Waals surface area contributed by atoms with Crippen LogP contribution in [0.5, 0.6) is 0 Å². The van der Waals surface area contributed by atoms with Crippen molar-refractivity contribution < 1.29 is 28.3 Å². The van der Waals surface area contributed by atoms with Crippen LogP contribution in [0.2, 0.25) is 5.02 Å². The van der Waals surface area contributed by atoms with Gasteiger partial charge in [-0.1, -0.05) is 11.6 Å². The van der Waals surface area contributed by atoms with Gasteiger partial charge in [0.2, 0.25) is 0 Å². The number of carbonyl (C=O) groups is 3. The molecule has 0 saturated carbocycles. The highest BCUT2D eigenvalue weighted by Gasteiger charge is 2.34. The smallest absolute Gasteiger partial charge is 0.339 e. The first kappa shape index (κ1) is 20.2. The molecule has 2 amide bonds. The van der Waals surface area contributed by atoms with E-state index < -0.39 is 5.97 Å². The summed E-state index contributed by atoms with van der Waals surface area (Å²) in [5, 5.41) is -0.0763. The zero-order valence-corrected chi connectivity index (χ0v) is 16.6. The summed E-state index contributed by atoms with van der Waals surface area (Å²) < 4.78 is 15.4. The average molecular weight is 422 g/mol. The number of methoxy groups -OCH3 is 2. The van der Waals surface area contributed by atoms with E-state index in [0.717, 1.165) is 16.7 Å². The number of halogens is 1. The molecule has 7 nitrogen and oxygen atoms in total. The second-order valence-corrected chi connectivity index (χ2v) is 7.11. The van der Waals surface area contributed by atoms with Crippen molar-refractivity contribution in [2.75, 3.05) is 27.4 Å². The van der Waals surface area contributed by atoms with Crippen molar-refractivity contribution in [3.63, 3.8) is 0 Å². The van der Waals surface area contributed by atoms with Gasteiger partial charge in [0.25, 0.3) is 11.1 Å². The van der Waals surface area contributed by atoms with Crippen LogP contribution >= 0.6 is 23.4 Å². The molecule has 1 aliphatic heterocycles. The van der Waals surface area contributed by atoms with E-state index in [1.54, 1.807) is 30.3 Å². The Morgan fingerprint density at radius 1 is 1.25 bits per heavy atom. The molecule has 3 rings (SSSR count). The van der Waals surface area contributed by atoms with E-state index in [2.05, 4.69) is 0 Å². The third kappa shape index (κ3) is 4.14. The van der Waals surface area contributed by atoms with Crippen LogP contribution in [0, 0.1) is 0 Å². The van der Waals surface area contributed by atoms with Crippen LogP contribution < -0.4 is 0 Å². The number of amides is 2. The molecule has 146 valence electrons. The van der Waals surface area contributed by atoms with Gasteiger partial charge in [0, 0.05) is 18.7 Å². The fourth-order valence-electron chi connectivity index (χ4n) is 2.54. The highest BCUT2D eigenvalue weighted by molar-refractivity contribution is 8.18. The number of hydrogen-bond acceptors (Lipinski definition) is 7. The summed E-state index contributed by atoms with van der Waals surface area (Å²) in [6, 6.07) is 8.22. The standard InChI is InChI=1S/C19H16ClNO6S/c1-25-8-7-21-17(22)16(28-19(21)24)10-12-4-6-15(27-12)11-3-5-14(20)13(9-11)18(23)26-2/h3-6,9-10H,7-8H2,1-2H3/b16-10+. The monoisotopic (exact) mass is 421 g/mol. The first-order valence-electron chi connectivity index (χ1n) is 8.17. The van der Waals surface area contributed by atoms with Gasteiger partial charge in [-0.15, -0.1) is 0 Å². The maximum Gasteiger partial charge on any atom is 0.339 e. The molecule has 2 heterocycles. The van der Waals surface area contributed by atoms with Gasteiger partial charge in [0.05, 0.1) is 35.8 Å². The highest BCUT2D eigenvalue weighted by Crippen LogP contribution is 2.33. The van der Waals surface area contributed by atoms with Crippen molar-refractivity contribution in [1.29, 1.82) is 0 Å². The summed E-state index contributed by atoms with van der Waals surface area (Å²) in [6.45, 7) is 0.471. The molecule has 28 heavy (non-hydrogen) atoms. The van der Waals surface area contributed by atoms with Crippen molar-refractivity contribution in [2.45, 2.75) is 0 Å². The number of ether oxygens (including phenoxy) is 2. The van der Waals surface area contributed by atoms with Gasteiger partial charge in [-0.05, 0) is 42.1 Å². The number of benzene rings is 1. The molecule has 0 radical (unpaired) electrons. The lowest BCUT2D eigenvalue weighted by Gasteiger charge is -2.10. The second kappa shape index (κ2) is 8.64. The normalized spacial score (nSPS) is 15.5. The Kier molecular flexibility index (Phi) is 6.23. The lowest BCUT2D eigenvalue weighted by molar-refractivity contribution is -0.123. The Balaban J connectivity index is 1.83. The lowest BCUT2D eigenvalue weighted by Crippen LogP contribution is -2.31. The predicted molar refractivity (Wildman–Crippen MR) is 105 cm³/mol. The summed E-state index contributed by atoms with van der Waals surface area (Å²) in [6.07, 6.45) is 1.51. The van der Waals surface area contributed by atoms with Crippen LogP contribution in [0.4, 0.5) is 4.79 Å².